The SMILES string of the molecule is CCCOc1ccc(OCCOC(=O)/C(C#N)=C/c2ccc(OC)cc2)cc1. The van der Waals surface area contributed by atoms with E-state index in [0.29, 0.717) is 23.7 Å². The van der Waals surface area contributed by atoms with Crippen molar-refractivity contribution in [1.29, 1.82) is 5.26 Å². The van der Waals surface area contributed by atoms with E-state index >= 15 is 0 Å². The minimum Gasteiger partial charge on any atom is -0.497 e. The van der Waals surface area contributed by atoms with Gasteiger partial charge in [-0.15, -0.1) is 0 Å². The average molecular weight is 381 g/mol. The molecule has 28 heavy (non-hydrogen) atoms. The highest BCUT2D eigenvalue weighted by atomic mass is 16.6. The smallest absolute Gasteiger partial charge is 0.349 e. The molecule has 0 saturated heterocycles. The number of methoxy groups -OCH3 is 1. The van der Waals surface area contributed by atoms with Gasteiger partial charge >= 0.3 is 5.97 Å². The molecule has 6 nitrogen and oxygen atoms in total. The molecule has 0 fully saturated rings. The van der Waals surface area contributed by atoms with Gasteiger partial charge in [0.15, 0.2) is 0 Å². The number of rotatable bonds is 10. The number of carbonyl (C=O) groups is 1. The molecule has 0 atom stereocenters. The third-order valence-corrected chi connectivity index (χ3v) is 3.65. The van der Waals surface area contributed by atoms with E-state index < -0.39 is 5.97 Å². The summed E-state index contributed by atoms with van der Waals surface area (Å²) in [6.45, 7) is 2.93. The molecule has 0 bridgehead atoms. The maximum absolute atomic E-state index is 12.0. The molecule has 0 aliphatic heterocycles. The highest BCUT2D eigenvalue weighted by Crippen LogP contribution is 2.18. The molecule has 0 heterocycles. The van der Waals surface area contributed by atoms with E-state index in [-0.39, 0.29) is 18.8 Å². The second-order valence-electron chi connectivity index (χ2n) is 5.75. The van der Waals surface area contributed by atoms with Crippen molar-refractivity contribution in [3.63, 3.8) is 0 Å². The lowest BCUT2D eigenvalue weighted by atomic mass is 10.1. The van der Waals surface area contributed by atoms with Crippen molar-refractivity contribution >= 4 is 12.0 Å². The summed E-state index contributed by atoms with van der Waals surface area (Å²) in [5.74, 6) is 1.43. The minimum atomic E-state index is -0.690. The lowest BCUT2D eigenvalue weighted by Gasteiger charge is -2.08. The van der Waals surface area contributed by atoms with E-state index in [2.05, 4.69) is 0 Å². The van der Waals surface area contributed by atoms with Crippen molar-refractivity contribution in [2.45, 2.75) is 13.3 Å². The van der Waals surface area contributed by atoms with Gasteiger partial charge < -0.3 is 18.9 Å². The summed E-state index contributed by atoms with van der Waals surface area (Å²) < 4.78 is 21.2. The van der Waals surface area contributed by atoms with E-state index in [9.17, 15) is 10.1 Å². The molecule has 0 amide bonds. The van der Waals surface area contributed by atoms with Crippen molar-refractivity contribution in [3.05, 3.63) is 59.7 Å². The standard InChI is InChI=1S/C22H23NO5/c1-3-12-26-20-8-10-21(11-9-20)27-13-14-28-22(24)18(16-23)15-17-4-6-19(25-2)7-5-17/h4-11,15H,3,12-14H2,1-2H3/b18-15+. The van der Waals surface area contributed by atoms with Crippen LogP contribution in [0, 0.1) is 11.3 Å². The predicted octanol–water partition coefficient (Wildman–Crippen LogP) is 4.01. The number of nitrogens with zero attached hydrogens (tertiary/aromatic N) is 1. The van der Waals surface area contributed by atoms with Crippen molar-refractivity contribution in [2.24, 2.45) is 0 Å². The fraction of sp³-hybridized carbons (Fsp3) is 0.273. The summed E-state index contributed by atoms with van der Waals surface area (Å²) in [5.41, 5.74) is 0.624. The molecule has 2 aromatic rings. The van der Waals surface area contributed by atoms with Gasteiger partial charge in [0.05, 0.1) is 13.7 Å². The van der Waals surface area contributed by atoms with Gasteiger partial charge in [0.25, 0.3) is 0 Å². The highest BCUT2D eigenvalue weighted by Gasteiger charge is 2.11. The summed E-state index contributed by atoms with van der Waals surface area (Å²) in [5, 5.41) is 9.19. The van der Waals surface area contributed by atoms with E-state index in [1.54, 1.807) is 43.5 Å². The maximum Gasteiger partial charge on any atom is 0.349 e. The number of hydrogen-bond acceptors (Lipinski definition) is 6. The Labute approximate surface area is 164 Å². The summed E-state index contributed by atoms with van der Waals surface area (Å²) in [6, 6.07) is 16.1. The van der Waals surface area contributed by atoms with Gasteiger partial charge in [0, 0.05) is 0 Å². The number of esters is 1. The number of nitriles is 1. The normalized spacial score (nSPS) is 10.7. The number of ether oxygens (including phenoxy) is 4. The molecule has 0 aliphatic carbocycles. The van der Waals surface area contributed by atoms with Crippen LogP contribution in [0.2, 0.25) is 0 Å². The Morgan fingerprint density at radius 3 is 2.04 bits per heavy atom. The monoisotopic (exact) mass is 381 g/mol. The van der Waals surface area contributed by atoms with Crippen LogP contribution in [0.15, 0.2) is 54.1 Å². The fourth-order valence-electron chi connectivity index (χ4n) is 2.23. The zero-order valence-electron chi connectivity index (χ0n) is 16.0. The van der Waals surface area contributed by atoms with E-state index in [4.69, 9.17) is 18.9 Å². The molecule has 6 heteroatoms. The molecule has 0 aliphatic rings. The summed E-state index contributed by atoms with van der Waals surface area (Å²) in [7, 11) is 1.57. The van der Waals surface area contributed by atoms with Crippen LogP contribution in [0.5, 0.6) is 17.2 Å². The van der Waals surface area contributed by atoms with E-state index in [1.165, 1.54) is 6.08 Å². The van der Waals surface area contributed by atoms with E-state index in [1.807, 2.05) is 25.1 Å². The van der Waals surface area contributed by atoms with Gasteiger partial charge in [-0.2, -0.15) is 5.26 Å². The van der Waals surface area contributed by atoms with Crippen molar-refractivity contribution in [3.8, 4) is 23.3 Å². The molecular formula is C22H23NO5. The van der Waals surface area contributed by atoms with Crippen molar-refractivity contribution < 1.29 is 23.7 Å². The van der Waals surface area contributed by atoms with Gasteiger partial charge in [0.1, 0.15) is 42.1 Å². The molecule has 0 radical (unpaired) electrons. The molecule has 0 aromatic heterocycles. The molecular weight excluding hydrogens is 358 g/mol. The first kappa shape index (κ1) is 20.8. The zero-order valence-corrected chi connectivity index (χ0v) is 16.0. The van der Waals surface area contributed by atoms with Gasteiger partial charge in [-0.25, -0.2) is 4.79 Å². The predicted molar refractivity (Wildman–Crippen MR) is 105 cm³/mol. The lowest BCUT2D eigenvalue weighted by molar-refractivity contribution is -0.139. The Bertz CT molecular complexity index is 820. The van der Waals surface area contributed by atoms with Crippen LogP contribution in [0.4, 0.5) is 0 Å². The molecule has 0 unspecified atom stereocenters. The van der Waals surface area contributed by atoms with Gasteiger partial charge in [0.2, 0.25) is 0 Å². The average Bonchev–Trinajstić information content (AvgIpc) is 2.74. The first-order chi connectivity index (χ1) is 13.7. The minimum absolute atomic E-state index is 0.0363. The van der Waals surface area contributed by atoms with Crippen LogP contribution in [0.25, 0.3) is 6.08 Å². The Hall–Kier alpha value is -3.46. The second-order valence-corrected chi connectivity index (χ2v) is 5.75. The van der Waals surface area contributed by atoms with Crippen molar-refractivity contribution in [1.82, 2.24) is 0 Å². The summed E-state index contributed by atoms with van der Waals surface area (Å²) in [6.07, 6.45) is 2.42. The Balaban J connectivity index is 1.80. The summed E-state index contributed by atoms with van der Waals surface area (Å²) >= 11 is 0. The van der Waals surface area contributed by atoms with Gasteiger partial charge in [-0.05, 0) is 54.5 Å². The number of benzene rings is 2. The third kappa shape index (κ3) is 6.69. The molecule has 0 spiro atoms. The summed E-state index contributed by atoms with van der Waals surface area (Å²) in [4.78, 5) is 12.0. The number of carbonyl (C=O) groups excluding carboxylic acids is 1. The van der Waals surface area contributed by atoms with Crippen LogP contribution < -0.4 is 14.2 Å². The Kier molecular flexibility index (Phi) is 8.41. The van der Waals surface area contributed by atoms with Gasteiger partial charge in [-0.1, -0.05) is 19.1 Å². The largest absolute Gasteiger partial charge is 0.497 e. The van der Waals surface area contributed by atoms with Crippen LogP contribution in [0.1, 0.15) is 18.9 Å². The molecule has 2 aromatic carbocycles. The zero-order chi connectivity index (χ0) is 20.2. The topological polar surface area (TPSA) is 77.8 Å². The third-order valence-electron chi connectivity index (χ3n) is 3.65. The Morgan fingerprint density at radius 1 is 0.929 bits per heavy atom. The first-order valence-corrected chi connectivity index (χ1v) is 8.95. The molecule has 0 saturated carbocycles. The first-order valence-electron chi connectivity index (χ1n) is 8.95. The quantitative estimate of drug-likeness (QED) is 0.268. The fourth-order valence-corrected chi connectivity index (χ4v) is 2.23. The molecule has 2 rings (SSSR count). The highest BCUT2D eigenvalue weighted by molar-refractivity contribution is 5.97. The maximum atomic E-state index is 12.0. The van der Waals surface area contributed by atoms with Crippen LogP contribution >= 0.6 is 0 Å². The van der Waals surface area contributed by atoms with Crippen molar-refractivity contribution in [2.75, 3.05) is 26.9 Å². The van der Waals surface area contributed by atoms with Crippen LogP contribution in [0.3, 0.4) is 0 Å². The number of hydrogen-bond donors (Lipinski definition) is 0. The second kappa shape index (κ2) is 11.3. The van der Waals surface area contributed by atoms with Crippen LogP contribution in [-0.2, 0) is 9.53 Å². The molecule has 0 N–H and O–H groups in total. The Morgan fingerprint density at radius 2 is 1.50 bits per heavy atom. The lowest BCUT2D eigenvalue weighted by Crippen LogP contribution is -2.13. The van der Waals surface area contributed by atoms with E-state index in [0.717, 1.165) is 12.2 Å². The van der Waals surface area contributed by atoms with Gasteiger partial charge in [-0.3, -0.25) is 0 Å². The molecule has 146 valence electrons. The van der Waals surface area contributed by atoms with Crippen LogP contribution in [-0.4, -0.2) is 32.9 Å².